The van der Waals surface area contributed by atoms with E-state index in [1.807, 2.05) is 13.0 Å². The Kier molecular flexibility index (Phi) is 7.25. The summed E-state index contributed by atoms with van der Waals surface area (Å²) >= 11 is 0. The summed E-state index contributed by atoms with van der Waals surface area (Å²) in [5, 5.41) is 28.5. The van der Waals surface area contributed by atoms with Crippen LogP contribution in [0.1, 0.15) is 19.8 Å². The largest absolute Gasteiger partial charge is 0.394 e. The number of nitrogens with two attached hydrogens (primary N) is 1. The first-order valence-electron chi connectivity index (χ1n) is 9.36. The van der Waals surface area contributed by atoms with Gasteiger partial charge in [-0.05, 0) is 6.42 Å². The van der Waals surface area contributed by atoms with Crippen molar-refractivity contribution in [3.63, 3.8) is 0 Å². The first-order chi connectivity index (χ1) is 14.1. The van der Waals surface area contributed by atoms with Crippen LogP contribution in [0.2, 0.25) is 0 Å². The number of hydrogen-bond donors (Lipinski definition) is 3. The summed E-state index contributed by atoms with van der Waals surface area (Å²) in [7, 11) is 0. The Hall–Kier alpha value is -1.98. The standard InChI is InChI=1S/C17H26N6O6/c1-2-17(19)14-15(20-7-22-17)23(8-21-14)16-13(12(25)11(6-24)29-16)28-10-27-9-26-5-3-4-18/h7,11-13,16,24-25H,2-3,5-6,8-10,19H2,1H3/t11-,12-,13-,16-,17?/m1/s1. The molecule has 3 aliphatic rings. The maximum Gasteiger partial charge on any atom is 0.162 e. The Bertz CT molecular complexity index is 709. The van der Waals surface area contributed by atoms with Crippen molar-refractivity contribution in [3.8, 4) is 6.07 Å². The lowest BCUT2D eigenvalue weighted by Gasteiger charge is -2.33. The lowest BCUT2D eigenvalue weighted by molar-refractivity contribution is -0.177. The molecule has 4 N–H and O–H groups in total. The van der Waals surface area contributed by atoms with E-state index < -0.39 is 30.2 Å². The minimum absolute atomic E-state index is 0.0498. The van der Waals surface area contributed by atoms with Gasteiger partial charge in [0, 0.05) is 0 Å². The van der Waals surface area contributed by atoms with Gasteiger partial charge in [0.05, 0.1) is 25.7 Å². The second kappa shape index (κ2) is 9.68. The fourth-order valence-electron chi connectivity index (χ4n) is 3.29. The van der Waals surface area contributed by atoms with Gasteiger partial charge in [0.15, 0.2) is 17.7 Å². The van der Waals surface area contributed by atoms with Crippen molar-refractivity contribution in [2.24, 2.45) is 20.7 Å². The molecule has 12 heteroatoms. The molecule has 1 fully saturated rings. The summed E-state index contributed by atoms with van der Waals surface area (Å²) in [4.78, 5) is 14.7. The maximum absolute atomic E-state index is 10.5. The average Bonchev–Trinajstić information content (AvgIpc) is 3.29. The molecule has 0 amide bonds. The number of aliphatic imine (C=N–C) groups is 3. The molecule has 1 saturated heterocycles. The second-order valence-corrected chi connectivity index (χ2v) is 6.72. The van der Waals surface area contributed by atoms with Crippen LogP contribution in [-0.2, 0) is 18.9 Å². The topological polar surface area (TPSA) is 168 Å². The second-order valence-electron chi connectivity index (χ2n) is 6.72. The van der Waals surface area contributed by atoms with E-state index in [4.69, 9.17) is 29.9 Å². The molecule has 3 aliphatic heterocycles. The Morgan fingerprint density at radius 2 is 2.28 bits per heavy atom. The number of fused-ring (bicyclic) bond motifs is 1. The van der Waals surface area contributed by atoms with E-state index >= 15 is 0 Å². The predicted octanol–water partition coefficient (Wildman–Crippen LogP) is -1.47. The number of amidine groups is 1. The molecular formula is C17H26N6O6. The highest BCUT2D eigenvalue weighted by molar-refractivity contribution is 6.47. The third-order valence-electron chi connectivity index (χ3n) is 4.95. The van der Waals surface area contributed by atoms with Gasteiger partial charge in [-0.1, -0.05) is 6.92 Å². The van der Waals surface area contributed by atoms with Gasteiger partial charge in [-0.25, -0.2) is 9.98 Å². The van der Waals surface area contributed by atoms with Gasteiger partial charge >= 0.3 is 0 Å². The lowest BCUT2D eigenvalue weighted by atomic mass is 10.0. The Balaban J connectivity index is 1.63. The van der Waals surface area contributed by atoms with Crippen LogP contribution in [0.5, 0.6) is 0 Å². The van der Waals surface area contributed by atoms with Crippen LogP contribution in [0.15, 0.2) is 15.0 Å². The van der Waals surface area contributed by atoms with Crippen molar-refractivity contribution < 1.29 is 29.2 Å². The zero-order chi connectivity index (χ0) is 20.9. The van der Waals surface area contributed by atoms with Gasteiger partial charge in [0.25, 0.3) is 0 Å². The molecule has 0 aromatic carbocycles. The maximum atomic E-state index is 10.5. The van der Waals surface area contributed by atoms with E-state index in [0.717, 1.165) is 0 Å². The molecule has 0 spiro atoms. The van der Waals surface area contributed by atoms with Crippen LogP contribution in [0.3, 0.4) is 0 Å². The van der Waals surface area contributed by atoms with Crippen LogP contribution in [0, 0.1) is 11.3 Å². The first-order valence-corrected chi connectivity index (χ1v) is 9.36. The molecule has 0 saturated carbocycles. The molecule has 0 radical (unpaired) electrons. The number of aliphatic hydroxyl groups excluding tert-OH is 2. The highest BCUT2D eigenvalue weighted by atomic mass is 16.7. The van der Waals surface area contributed by atoms with E-state index in [1.54, 1.807) is 4.90 Å². The molecule has 29 heavy (non-hydrogen) atoms. The highest BCUT2D eigenvalue weighted by Crippen LogP contribution is 2.31. The molecule has 12 nitrogen and oxygen atoms in total. The zero-order valence-electron chi connectivity index (χ0n) is 16.2. The quantitative estimate of drug-likeness (QED) is 0.288. The lowest BCUT2D eigenvalue weighted by Crippen LogP contribution is -2.55. The number of aliphatic hydroxyl groups is 2. The van der Waals surface area contributed by atoms with Crippen LogP contribution in [0.4, 0.5) is 0 Å². The number of nitrogens with zero attached hydrogens (tertiary/aromatic N) is 5. The molecule has 5 atom stereocenters. The van der Waals surface area contributed by atoms with Gasteiger partial charge in [0.2, 0.25) is 0 Å². The van der Waals surface area contributed by atoms with Crippen LogP contribution >= 0.6 is 0 Å². The normalized spacial score (nSPS) is 33.4. The first kappa shape index (κ1) is 21.7. The van der Waals surface area contributed by atoms with Gasteiger partial charge < -0.3 is 39.8 Å². The SMILES string of the molecule is CCC1(N)N=CN=C2C1=NCN2[C@@H]1O[C@H](CO)[C@@H](O)[C@H]1OCOCOCCC#N. The van der Waals surface area contributed by atoms with Gasteiger partial charge in [-0.15, -0.1) is 0 Å². The molecule has 160 valence electrons. The van der Waals surface area contributed by atoms with E-state index in [-0.39, 0.29) is 39.9 Å². The van der Waals surface area contributed by atoms with Gasteiger partial charge in [-0.3, -0.25) is 4.99 Å². The van der Waals surface area contributed by atoms with Crippen molar-refractivity contribution in [3.05, 3.63) is 0 Å². The van der Waals surface area contributed by atoms with E-state index in [9.17, 15) is 10.2 Å². The third-order valence-corrected chi connectivity index (χ3v) is 4.95. The fourth-order valence-corrected chi connectivity index (χ4v) is 3.29. The third kappa shape index (κ3) is 4.46. The van der Waals surface area contributed by atoms with Crippen molar-refractivity contribution >= 4 is 17.9 Å². The molecule has 0 aromatic heterocycles. The fraction of sp³-hybridized carbons (Fsp3) is 0.765. The summed E-state index contributed by atoms with van der Waals surface area (Å²) in [5.74, 6) is 0.509. The number of hydrogen-bond acceptors (Lipinski definition) is 12. The monoisotopic (exact) mass is 410 g/mol. The number of rotatable bonds is 10. The summed E-state index contributed by atoms with van der Waals surface area (Å²) in [6.45, 7) is 1.79. The minimum atomic E-state index is -1.08. The van der Waals surface area contributed by atoms with Crippen LogP contribution in [-0.4, -0.2) is 96.7 Å². The van der Waals surface area contributed by atoms with Crippen molar-refractivity contribution in [2.45, 2.75) is 50.0 Å². The summed E-state index contributed by atoms with van der Waals surface area (Å²) in [6, 6.07) is 1.96. The van der Waals surface area contributed by atoms with Crippen molar-refractivity contribution in [1.82, 2.24) is 4.90 Å². The zero-order valence-corrected chi connectivity index (χ0v) is 16.2. The molecule has 3 heterocycles. The Labute approximate surface area is 168 Å². The van der Waals surface area contributed by atoms with Gasteiger partial charge in [-0.2, -0.15) is 5.26 Å². The molecular weight excluding hydrogens is 384 g/mol. The number of ether oxygens (including phenoxy) is 4. The highest BCUT2D eigenvalue weighted by Gasteiger charge is 2.51. The predicted molar refractivity (Wildman–Crippen MR) is 101 cm³/mol. The average molecular weight is 410 g/mol. The van der Waals surface area contributed by atoms with Crippen LogP contribution < -0.4 is 5.73 Å². The van der Waals surface area contributed by atoms with E-state index in [0.29, 0.717) is 18.0 Å². The van der Waals surface area contributed by atoms with Gasteiger partial charge in [0.1, 0.15) is 50.6 Å². The molecule has 0 aromatic rings. The molecule has 1 unspecified atom stereocenters. The smallest absolute Gasteiger partial charge is 0.162 e. The number of nitriles is 1. The van der Waals surface area contributed by atoms with Crippen LogP contribution in [0.25, 0.3) is 0 Å². The summed E-state index contributed by atoms with van der Waals surface area (Å²) in [5.41, 5.74) is 5.91. The summed E-state index contributed by atoms with van der Waals surface area (Å²) in [6.07, 6.45) is -1.28. The Morgan fingerprint density at radius 1 is 1.45 bits per heavy atom. The Morgan fingerprint density at radius 3 is 3.00 bits per heavy atom. The van der Waals surface area contributed by atoms with Crippen molar-refractivity contribution in [2.75, 3.05) is 33.5 Å². The molecule has 0 bridgehead atoms. The molecule has 3 rings (SSSR count). The molecule has 0 aliphatic carbocycles. The van der Waals surface area contributed by atoms with Crippen molar-refractivity contribution in [1.29, 1.82) is 5.26 Å². The minimum Gasteiger partial charge on any atom is -0.394 e. The summed E-state index contributed by atoms with van der Waals surface area (Å²) < 4.78 is 21.8. The van der Waals surface area contributed by atoms with E-state index in [1.165, 1.54) is 6.34 Å². The van der Waals surface area contributed by atoms with E-state index in [2.05, 4.69) is 15.0 Å².